The molecule has 0 aliphatic heterocycles. The van der Waals surface area contributed by atoms with Crippen LogP contribution in [0, 0.1) is 19.7 Å². The largest absolute Gasteiger partial charge is 0.306 e. The van der Waals surface area contributed by atoms with Crippen molar-refractivity contribution in [3.8, 4) is 0 Å². The molecule has 1 nitrogen and oxygen atoms in total. The van der Waals surface area contributed by atoms with Crippen molar-refractivity contribution >= 4 is 22.9 Å². The molecule has 2 rings (SSSR count). The Morgan fingerprint density at radius 2 is 2.05 bits per heavy atom. The minimum atomic E-state index is -0.201. The maximum Gasteiger partial charge on any atom is 0.123 e. The van der Waals surface area contributed by atoms with E-state index in [9.17, 15) is 4.39 Å². The third kappa shape index (κ3) is 3.40. The molecule has 0 spiro atoms. The fourth-order valence-corrected chi connectivity index (χ4v) is 3.63. The molecule has 20 heavy (non-hydrogen) atoms. The molecule has 1 aromatic heterocycles. The Balaban J connectivity index is 2.44. The Labute approximate surface area is 128 Å². The predicted octanol–water partition coefficient (Wildman–Crippen LogP) is 5.25. The fourth-order valence-electron chi connectivity index (χ4n) is 2.23. The standard InChI is InChI=1S/C16H19ClFNS/c1-4-5-19-15(16-14(17)11(3)9-20-16)12-6-10(2)7-13(18)8-12/h6-9,15,19H,4-5H2,1-3H3. The zero-order valence-electron chi connectivity index (χ0n) is 12.0. The van der Waals surface area contributed by atoms with Crippen LogP contribution in [-0.4, -0.2) is 6.54 Å². The number of halogens is 2. The van der Waals surface area contributed by atoms with Crippen LogP contribution in [0.25, 0.3) is 0 Å². The van der Waals surface area contributed by atoms with Gasteiger partial charge in [-0.1, -0.05) is 24.6 Å². The molecule has 0 aliphatic rings. The van der Waals surface area contributed by atoms with Gasteiger partial charge in [-0.15, -0.1) is 11.3 Å². The van der Waals surface area contributed by atoms with Gasteiger partial charge >= 0.3 is 0 Å². The molecule has 1 unspecified atom stereocenters. The first-order valence-electron chi connectivity index (χ1n) is 6.77. The second-order valence-corrected chi connectivity index (χ2v) is 6.34. The third-order valence-electron chi connectivity index (χ3n) is 3.18. The molecular weight excluding hydrogens is 293 g/mol. The molecule has 1 heterocycles. The zero-order chi connectivity index (χ0) is 14.7. The molecule has 1 N–H and O–H groups in total. The Kier molecular flexibility index (Phi) is 5.19. The zero-order valence-corrected chi connectivity index (χ0v) is 13.5. The van der Waals surface area contributed by atoms with Crippen LogP contribution >= 0.6 is 22.9 Å². The SMILES string of the molecule is CCCNC(c1cc(C)cc(F)c1)c1scc(C)c1Cl. The lowest BCUT2D eigenvalue weighted by molar-refractivity contribution is 0.590. The average Bonchev–Trinajstić information content (AvgIpc) is 2.70. The van der Waals surface area contributed by atoms with Crippen molar-refractivity contribution in [2.24, 2.45) is 0 Å². The van der Waals surface area contributed by atoms with Crippen LogP contribution in [0.15, 0.2) is 23.6 Å². The normalized spacial score (nSPS) is 12.7. The molecule has 0 saturated heterocycles. The molecule has 0 saturated carbocycles. The van der Waals surface area contributed by atoms with E-state index in [-0.39, 0.29) is 11.9 Å². The second kappa shape index (κ2) is 6.70. The molecule has 2 aromatic rings. The van der Waals surface area contributed by atoms with Crippen molar-refractivity contribution in [2.45, 2.75) is 33.2 Å². The van der Waals surface area contributed by atoms with E-state index in [4.69, 9.17) is 11.6 Å². The van der Waals surface area contributed by atoms with Crippen LogP contribution in [0.2, 0.25) is 5.02 Å². The molecule has 4 heteroatoms. The van der Waals surface area contributed by atoms with Crippen LogP contribution in [0.4, 0.5) is 4.39 Å². The second-order valence-electron chi connectivity index (χ2n) is 5.05. The lowest BCUT2D eigenvalue weighted by atomic mass is 10.0. The first kappa shape index (κ1) is 15.5. The molecule has 1 aromatic carbocycles. The topological polar surface area (TPSA) is 12.0 Å². The molecule has 108 valence electrons. The Bertz CT molecular complexity index is 574. The van der Waals surface area contributed by atoms with E-state index in [0.717, 1.165) is 39.6 Å². The van der Waals surface area contributed by atoms with E-state index in [2.05, 4.69) is 12.2 Å². The molecular formula is C16H19ClFNS. The minimum Gasteiger partial charge on any atom is -0.306 e. The molecule has 0 aliphatic carbocycles. The number of thiophene rings is 1. The summed E-state index contributed by atoms with van der Waals surface area (Å²) in [6.45, 7) is 6.89. The van der Waals surface area contributed by atoms with Crippen molar-refractivity contribution in [2.75, 3.05) is 6.54 Å². The van der Waals surface area contributed by atoms with E-state index >= 15 is 0 Å². The Morgan fingerprint density at radius 1 is 1.30 bits per heavy atom. The van der Waals surface area contributed by atoms with Crippen molar-refractivity contribution < 1.29 is 4.39 Å². The van der Waals surface area contributed by atoms with Crippen LogP contribution in [-0.2, 0) is 0 Å². The van der Waals surface area contributed by atoms with Gasteiger partial charge in [-0.25, -0.2) is 4.39 Å². The molecule has 0 fully saturated rings. The quantitative estimate of drug-likeness (QED) is 0.795. The smallest absolute Gasteiger partial charge is 0.123 e. The highest BCUT2D eigenvalue weighted by Crippen LogP contribution is 2.36. The number of rotatable bonds is 5. The van der Waals surface area contributed by atoms with Crippen molar-refractivity contribution in [1.82, 2.24) is 5.32 Å². The van der Waals surface area contributed by atoms with Gasteiger partial charge in [-0.3, -0.25) is 0 Å². The maximum absolute atomic E-state index is 13.7. The first-order valence-corrected chi connectivity index (χ1v) is 8.02. The summed E-state index contributed by atoms with van der Waals surface area (Å²) in [5.41, 5.74) is 2.93. The van der Waals surface area contributed by atoms with Crippen LogP contribution in [0.5, 0.6) is 0 Å². The highest BCUT2D eigenvalue weighted by molar-refractivity contribution is 7.10. The van der Waals surface area contributed by atoms with E-state index in [1.165, 1.54) is 0 Å². The summed E-state index contributed by atoms with van der Waals surface area (Å²) >= 11 is 8.01. The summed E-state index contributed by atoms with van der Waals surface area (Å²) in [4.78, 5) is 1.06. The average molecular weight is 312 g/mol. The van der Waals surface area contributed by atoms with Gasteiger partial charge in [0.25, 0.3) is 0 Å². The highest BCUT2D eigenvalue weighted by atomic mass is 35.5. The van der Waals surface area contributed by atoms with Crippen LogP contribution < -0.4 is 5.32 Å². The number of benzene rings is 1. The lowest BCUT2D eigenvalue weighted by Gasteiger charge is -2.19. The number of aryl methyl sites for hydroxylation is 2. The summed E-state index contributed by atoms with van der Waals surface area (Å²) in [5, 5.41) is 6.30. The van der Waals surface area contributed by atoms with Gasteiger partial charge in [0.05, 0.1) is 11.1 Å². The summed E-state index contributed by atoms with van der Waals surface area (Å²) < 4.78 is 13.7. The van der Waals surface area contributed by atoms with Gasteiger partial charge in [-0.2, -0.15) is 0 Å². The van der Waals surface area contributed by atoms with Crippen molar-refractivity contribution in [3.05, 3.63) is 56.0 Å². The molecule has 0 bridgehead atoms. The van der Waals surface area contributed by atoms with Gasteiger partial charge in [-0.05, 0) is 61.0 Å². The number of hydrogen-bond donors (Lipinski definition) is 1. The Morgan fingerprint density at radius 3 is 2.60 bits per heavy atom. The third-order valence-corrected chi connectivity index (χ3v) is 4.96. The van der Waals surface area contributed by atoms with Crippen LogP contribution in [0.1, 0.15) is 41.0 Å². The predicted molar refractivity (Wildman–Crippen MR) is 85.3 cm³/mol. The molecule has 0 amide bonds. The van der Waals surface area contributed by atoms with Gasteiger partial charge in [0.15, 0.2) is 0 Å². The van der Waals surface area contributed by atoms with Crippen molar-refractivity contribution in [3.63, 3.8) is 0 Å². The minimum absolute atomic E-state index is 0.0458. The van der Waals surface area contributed by atoms with Gasteiger partial charge in [0.1, 0.15) is 5.82 Å². The Hall–Kier alpha value is -0.900. The number of nitrogens with one attached hydrogen (secondary N) is 1. The summed E-state index contributed by atoms with van der Waals surface area (Å²) in [6.07, 6.45) is 1.02. The van der Waals surface area contributed by atoms with Crippen LogP contribution in [0.3, 0.4) is 0 Å². The van der Waals surface area contributed by atoms with Crippen molar-refractivity contribution in [1.29, 1.82) is 0 Å². The molecule has 0 radical (unpaired) electrons. The monoisotopic (exact) mass is 311 g/mol. The first-order chi connectivity index (χ1) is 9.52. The molecule has 1 atom stereocenters. The lowest BCUT2D eigenvalue weighted by Crippen LogP contribution is -2.23. The fraction of sp³-hybridized carbons (Fsp3) is 0.375. The van der Waals surface area contributed by atoms with E-state index in [1.54, 1.807) is 23.5 Å². The van der Waals surface area contributed by atoms with Gasteiger partial charge in [0.2, 0.25) is 0 Å². The summed E-state index contributed by atoms with van der Waals surface area (Å²) in [7, 11) is 0. The van der Waals surface area contributed by atoms with E-state index in [0.29, 0.717) is 0 Å². The summed E-state index contributed by atoms with van der Waals surface area (Å²) in [5.74, 6) is -0.201. The van der Waals surface area contributed by atoms with Gasteiger partial charge in [0, 0.05) is 4.88 Å². The van der Waals surface area contributed by atoms with Gasteiger partial charge < -0.3 is 5.32 Å². The van der Waals surface area contributed by atoms with E-state index < -0.39 is 0 Å². The summed E-state index contributed by atoms with van der Waals surface area (Å²) in [6, 6.07) is 5.10. The maximum atomic E-state index is 13.7. The number of hydrogen-bond acceptors (Lipinski definition) is 2. The van der Waals surface area contributed by atoms with E-state index in [1.807, 2.05) is 25.3 Å². The highest BCUT2D eigenvalue weighted by Gasteiger charge is 2.20.